The van der Waals surface area contributed by atoms with E-state index in [0.717, 1.165) is 18.7 Å². The first kappa shape index (κ1) is 18.2. The van der Waals surface area contributed by atoms with Gasteiger partial charge in [-0.2, -0.15) is 0 Å². The van der Waals surface area contributed by atoms with Crippen LogP contribution in [0.25, 0.3) is 0 Å². The molecule has 0 aliphatic heterocycles. The van der Waals surface area contributed by atoms with E-state index in [4.69, 9.17) is 12.2 Å². The summed E-state index contributed by atoms with van der Waals surface area (Å²) in [7, 11) is 4.06. The van der Waals surface area contributed by atoms with Crippen molar-refractivity contribution in [2.24, 2.45) is 0 Å². The van der Waals surface area contributed by atoms with E-state index in [0.29, 0.717) is 11.7 Å². The van der Waals surface area contributed by atoms with Gasteiger partial charge in [-0.15, -0.1) is 0 Å². The Balaban J connectivity index is 1.92. The molecule has 0 spiro atoms. The molecule has 2 aromatic carbocycles. The maximum absolute atomic E-state index is 12.9. The first-order chi connectivity index (χ1) is 11.5. The first-order valence-electron chi connectivity index (χ1n) is 8.03. The van der Waals surface area contributed by atoms with Crippen molar-refractivity contribution in [3.05, 3.63) is 65.5 Å². The second-order valence-electron chi connectivity index (χ2n) is 5.86. The first-order valence-corrected chi connectivity index (χ1v) is 8.44. The fourth-order valence-electron chi connectivity index (χ4n) is 2.34. The Hall–Kier alpha value is -2.14. The number of thiocarbonyl (C=S) groups is 1. The summed E-state index contributed by atoms with van der Waals surface area (Å²) >= 11 is 5.50. The maximum Gasteiger partial charge on any atom is 0.169 e. The van der Waals surface area contributed by atoms with Gasteiger partial charge in [0.1, 0.15) is 5.82 Å². The smallest absolute Gasteiger partial charge is 0.169 e. The number of hydrogen-bond donors (Lipinski definition) is 1. The number of rotatable bonds is 6. The molecule has 24 heavy (non-hydrogen) atoms. The topological polar surface area (TPSA) is 18.5 Å². The summed E-state index contributed by atoms with van der Waals surface area (Å²) < 4.78 is 12.9. The third-order valence-corrected chi connectivity index (χ3v) is 4.25. The molecular weight excluding hydrogens is 321 g/mol. The lowest BCUT2D eigenvalue weighted by Gasteiger charge is -2.25. The van der Waals surface area contributed by atoms with Crippen molar-refractivity contribution in [3.63, 3.8) is 0 Å². The number of hydrogen-bond acceptors (Lipinski definition) is 2. The molecule has 1 N–H and O–H groups in total. The van der Waals surface area contributed by atoms with Crippen LogP contribution in [-0.2, 0) is 13.1 Å². The summed E-state index contributed by atoms with van der Waals surface area (Å²) in [5, 5.41) is 3.95. The summed E-state index contributed by atoms with van der Waals surface area (Å²) in [5.41, 5.74) is 3.40. The molecule has 0 radical (unpaired) electrons. The Morgan fingerprint density at radius 2 is 1.58 bits per heavy atom. The van der Waals surface area contributed by atoms with Gasteiger partial charge in [-0.1, -0.05) is 24.3 Å². The minimum Gasteiger partial charge on any atom is -0.378 e. The highest BCUT2D eigenvalue weighted by molar-refractivity contribution is 7.80. The van der Waals surface area contributed by atoms with Crippen molar-refractivity contribution < 1.29 is 4.39 Å². The monoisotopic (exact) mass is 345 g/mol. The van der Waals surface area contributed by atoms with E-state index in [9.17, 15) is 4.39 Å². The Kier molecular flexibility index (Phi) is 6.55. The second kappa shape index (κ2) is 8.64. The van der Waals surface area contributed by atoms with Gasteiger partial charge in [-0.25, -0.2) is 4.39 Å². The van der Waals surface area contributed by atoms with Crippen LogP contribution < -0.4 is 10.2 Å². The fourth-order valence-corrected chi connectivity index (χ4v) is 2.60. The summed E-state index contributed by atoms with van der Waals surface area (Å²) in [6.07, 6.45) is 0. The quantitative estimate of drug-likeness (QED) is 0.803. The molecule has 3 nitrogen and oxygen atoms in total. The molecule has 0 aliphatic rings. The molecule has 0 unspecified atom stereocenters. The van der Waals surface area contributed by atoms with Crippen molar-refractivity contribution in [2.75, 3.05) is 25.5 Å². The SMILES string of the molecule is CCN(Cc1ccc(N(C)C)cc1)C(=S)NCc1ccc(F)cc1. The van der Waals surface area contributed by atoms with Crippen LogP contribution in [-0.4, -0.2) is 30.7 Å². The summed E-state index contributed by atoms with van der Waals surface area (Å²) in [4.78, 5) is 4.19. The van der Waals surface area contributed by atoms with E-state index in [1.165, 1.54) is 23.4 Å². The number of anilines is 1. The van der Waals surface area contributed by atoms with Gasteiger partial charge >= 0.3 is 0 Å². The van der Waals surface area contributed by atoms with Gasteiger partial charge in [0.2, 0.25) is 0 Å². The zero-order valence-electron chi connectivity index (χ0n) is 14.4. The molecule has 0 amide bonds. The standard InChI is InChI=1S/C19H24FN3S/c1-4-23(14-16-7-11-18(12-8-16)22(2)3)19(24)21-13-15-5-9-17(20)10-6-15/h5-12H,4,13-14H2,1-3H3,(H,21,24). The van der Waals surface area contributed by atoms with Crippen molar-refractivity contribution in [2.45, 2.75) is 20.0 Å². The van der Waals surface area contributed by atoms with Crippen molar-refractivity contribution >= 4 is 23.0 Å². The van der Waals surface area contributed by atoms with Crippen LogP contribution in [0.1, 0.15) is 18.1 Å². The minimum atomic E-state index is -0.224. The molecule has 2 rings (SSSR count). The van der Waals surface area contributed by atoms with Crippen molar-refractivity contribution in [1.82, 2.24) is 10.2 Å². The van der Waals surface area contributed by atoms with Crippen molar-refractivity contribution in [1.29, 1.82) is 0 Å². The van der Waals surface area contributed by atoms with Crippen LogP contribution >= 0.6 is 12.2 Å². The lowest BCUT2D eigenvalue weighted by atomic mass is 10.2. The van der Waals surface area contributed by atoms with E-state index >= 15 is 0 Å². The van der Waals surface area contributed by atoms with Gasteiger partial charge in [0.15, 0.2) is 5.11 Å². The van der Waals surface area contributed by atoms with Gasteiger partial charge in [-0.05, 0) is 54.5 Å². The molecule has 0 aliphatic carbocycles. The highest BCUT2D eigenvalue weighted by Crippen LogP contribution is 2.14. The maximum atomic E-state index is 12.9. The van der Waals surface area contributed by atoms with Crippen LogP contribution in [0.15, 0.2) is 48.5 Å². The Morgan fingerprint density at radius 1 is 1.00 bits per heavy atom. The Labute approximate surface area is 149 Å². The molecule has 0 heterocycles. The molecular formula is C19H24FN3S. The van der Waals surface area contributed by atoms with E-state index < -0.39 is 0 Å². The third-order valence-electron chi connectivity index (χ3n) is 3.85. The van der Waals surface area contributed by atoms with Gasteiger partial charge in [0, 0.05) is 39.4 Å². The summed E-state index contributed by atoms with van der Waals surface area (Å²) in [6.45, 7) is 4.26. The summed E-state index contributed by atoms with van der Waals surface area (Å²) in [5.74, 6) is -0.224. The van der Waals surface area contributed by atoms with Crippen molar-refractivity contribution in [3.8, 4) is 0 Å². The van der Waals surface area contributed by atoms with Crippen LogP contribution in [0.4, 0.5) is 10.1 Å². The van der Waals surface area contributed by atoms with Crippen LogP contribution in [0.5, 0.6) is 0 Å². The van der Waals surface area contributed by atoms with Crippen LogP contribution in [0.3, 0.4) is 0 Å². The van der Waals surface area contributed by atoms with E-state index in [1.807, 2.05) is 14.1 Å². The largest absolute Gasteiger partial charge is 0.378 e. The fraction of sp³-hybridized carbons (Fsp3) is 0.316. The number of benzene rings is 2. The lowest BCUT2D eigenvalue weighted by molar-refractivity contribution is 0.427. The normalized spacial score (nSPS) is 10.3. The average molecular weight is 345 g/mol. The van der Waals surface area contributed by atoms with E-state index in [-0.39, 0.29) is 5.82 Å². The third kappa shape index (κ3) is 5.20. The van der Waals surface area contributed by atoms with Crippen LogP contribution in [0.2, 0.25) is 0 Å². The Morgan fingerprint density at radius 3 is 2.12 bits per heavy atom. The molecule has 128 valence electrons. The van der Waals surface area contributed by atoms with E-state index in [1.54, 1.807) is 12.1 Å². The molecule has 2 aromatic rings. The van der Waals surface area contributed by atoms with E-state index in [2.05, 4.69) is 46.3 Å². The highest BCUT2D eigenvalue weighted by Gasteiger charge is 2.08. The van der Waals surface area contributed by atoms with Gasteiger partial charge in [0.05, 0.1) is 0 Å². The molecule has 0 atom stereocenters. The summed E-state index contributed by atoms with van der Waals surface area (Å²) in [6, 6.07) is 14.9. The van der Waals surface area contributed by atoms with Gasteiger partial charge in [-0.3, -0.25) is 0 Å². The molecule has 0 fully saturated rings. The number of halogens is 1. The zero-order valence-corrected chi connectivity index (χ0v) is 15.2. The zero-order chi connectivity index (χ0) is 17.5. The molecule has 5 heteroatoms. The predicted octanol–water partition coefficient (Wildman–Crippen LogP) is 3.79. The minimum absolute atomic E-state index is 0.224. The predicted molar refractivity (Wildman–Crippen MR) is 103 cm³/mol. The van der Waals surface area contributed by atoms with Gasteiger partial charge < -0.3 is 15.1 Å². The average Bonchev–Trinajstić information content (AvgIpc) is 2.59. The molecule has 0 saturated carbocycles. The Bertz CT molecular complexity index is 653. The second-order valence-corrected chi connectivity index (χ2v) is 6.25. The van der Waals surface area contributed by atoms with Gasteiger partial charge in [0.25, 0.3) is 0 Å². The highest BCUT2D eigenvalue weighted by atomic mass is 32.1. The van der Waals surface area contributed by atoms with Crippen LogP contribution in [0, 0.1) is 5.82 Å². The number of nitrogens with one attached hydrogen (secondary N) is 1. The molecule has 0 bridgehead atoms. The number of nitrogens with zero attached hydrogens (tertiary/aromatic N) is 2. The molecule has 0 saturated heterocycles. The lowest BCUT2D eigenvalue weighted by Crippen LogP contribution is -2.38. The molecule has 0 aromatic heterocycles.